The minimum Gasteiger partial charge on any atom is -0.378 e. The first kappa shape index (κ1) is 14.7. The maximum atomic E-state index is 12.3. The van der Waals surface area contributed by atoms with Crippen molar-refractivity contribution in [2.45, 2.75) is 6.42 Å². The van der Waals surface area contributed by atoms with Gasteiger partial charge >= 0.3 is 0 Å². The van der Waals surface area contributed by atoms with Crippen LogP contribution in [0.2, 0.25) is 0 Å². The van der Waals surface area contributed by atoms with E-state index in [0.717, 1.165) is 24.5 Å². The van der Waals surface area contributed by atoms with E-state index in [0.29, 0.717) is 32.7 Å². The predicted octanol–water partition coefficient (Wildman–Crippen LogP) is 2.19. The molecule has 1 unspecified atom stereocenters. The molecular weight excluding hydrogens is 282 g/mol. The van der Waals surface area contributed by atoms with Crippen LogP contribution in [-0.4, -0.2) is 45.3 Å². The monoisotopic (exact) mass is 301 g/mol. The van der Waals surface area contributed by atoms with E-state index < -0.39 is 0 Å². The summed E-state index contributed by atoms with van der Waals surface area (Å²) in [5.74, 6) is 0.194. The van der Waals surface area contributed by atoms with Crippen molar-refractivity contribution >= 4 is 17.3 Å². The molecule has 1 aromatic carbocycles. The summed E-state index contributed by atoms with van der Waals surface area (Å²) < 4.78 is 5.40. The van der Waals surface area contributed by atoms with E-state index in [-0.39, 0.29) is 11.8 Å². The lowest BCUT2D eigenvalue weighted by Crippen LogP contribution is -2.37. The van der Waals surface area contributed by atoms with Crippen LogP contribution < -0.4 is 9.80 Å². The summed E-state index contributed by atoms with van der Waals surface area (Å²) >= 11 is 0. The molecule has 0 aromatic heterocycles. The molecule has 0 bridgehead atoms. The Hall–Kier alpha value is -2.24. The van der Waals surface area contributed by atoms with Gasteiger partial charge in [-0.1, -0.05) is 17.2 Å². The van der Waals surface area contributed by atoms with Crippen molar-refractivity contribution < 1.29 is 9.53 Å². The highest BCUT2D eigenvalue weighted by Gasteiger charge is 2.32. The van der Waals surface area contributed by atoms with Gasteiger partial charge in [0.15, 0.2) is 0 Å². The van der Waals surface area contributed by atoms with Crippen LogP contribution in [0, 0.1) is 5.92 Å². The van der Waals surface area contributed by atoms with Crippen LogP contribution in [0.5, 0.6) is 0 Å². The van der Waals surface area contributed by atoms with Crippen LogP contribution in [0.3, 0.4) is 0 Å². The molecule has 7 heteroatoms. The Morgan fingerprint density at radius 2 is 2.00 bits per heavy atom. The number of para-hydroxylation sites is 2. The number of azide groups is 1. The van der Waals surface area contributed by atoms with Gasteiger partial charge in [-0.05, 0) is 23.6 Å². The molecule has 0 radical (unpaired) electrons. The fourth-order valence-electron chi connectivity index (χ4n) is 3.05. The van der Waals surface area contributed by atoms with Crippen molar-refractivity contribution in [1.82, 2.24) is 0 Å². The lowest BCUT2D eigenvalue weighted by Gasteiger charge is -2.32. The van der Waals surface area contributed by atoms with E-state index in [4.69, 9.17) is 10.3 Å². The molecule has 0 saturated carbocycles. The molecule has 0 spiro atoms. The zero-order valence-corrected chi connectivity index (χ0v) is 12.4. The number of rotatable bonds is 4. The molecule has 7 nitrogen and oxygen atoms in total. The summed E-state index contributed by atoms with van der Waals surface area (Å²) in [5, 5.41) is 3.60. The molecule has 1 atom stereocenters. The third-order valence-corrected chi connectivity index (χ3v) is 4.13. The van der Waals surface area contributed by atoms with Gasteiger partial charge in [-0.25, -0.2) is 0 Å². The normalized spacial score (nSPS) is 21.8. The number of nitrogens with zero attached hydrogens (tertiary/aromatic N) is 5. The average molecular weight is 301 g/mol. The average Bonchev–Trinajstić information content (AvgIpc) is 2.94. The Bertz CT molecular complexity index is 593. The summed E-state index contributed by atoms with van der Waals surface area (Å²) in [5.41, 5.74) is 10.4. The van der Waals surface area contributed by atoms with E-state index >= 15 is 0 Å². The number of amides is 1. The largest absolute Gasteiger partial charge is 0.378 e. The van der Waals surface area contributed by atoms with Crippen LogP contribution in [0.25, 0.3) is 10.4 Å². The van der Waals surface area contributed by atoms with Crippen molar-refractivity contribution in [1.29, 1.82) is 0 Å². The number of ether oxygens (including phenoxy) is 1. The van der Waals surface area contributed by atoms with Crippen LogP contribution in [-0.2, 0) is 9.53 Å². The minimum atomic E-state index is 0.0962. The molecule has 0 N–H and O–H groups in total. The van der Waals surface area contributed by atoms with Crippen molar-refractivity contribution in [2.24, 2.45) is 11.0 Å². The van der Waals surface area contributed by atoms with Crippen LogP contribution in [0.15, 0.2) is 29.4 Å². The predicted molar refractivity (Wildman–Crippen MR) is 83.9 cm³/mol. The number of carbonyl (C=O) groups excluding carboxylic acids is 1. The Morgan fingerprint density at radius 1 is 1.27 bits per heavy atom. The molecule has 1 aromatic rings. The summed E-state index contributed by atoms with van der Waals surface area (Å²) in [6.45, 7) is 4.07. The fraction of sp³-hybridized carbons (Fsp3) is 0.533. The summed E-state index contributed by atoms with van der Waals surface area (Å²) in [6.07, 6.45) is 0.441. The minimum absolute atomic E-state index is 0.0962. The van der Waals surface area contributed by atoms with Crippen LogP contribution in [0.1, 0.15) is 6.42 Å². The third kappa shape index (κ3) is 3.00. The van der Waals surface area contributed by atoms with E-state index in [9.17, 15) is 4.79 Å². The van der Waals surface area contributed by atoms with Gasteiger partial charge < -0.3 is 14.5 Å². The Morgan fingerprint density at radius 3 is 2.73 bits per heavy atom. The number of hydrogen-bond donors (Lipinski definition) is 0. The van der Waals surface area contributed by atoms with E-state index in [2.05, 4.69) is 21.0 Å². The Kier molecular flexibility index (Phi) is 4.46. The highest BCUT2D eigenvalue weighted by molar-refractivity contribution is 5.99. The van der Waals surface area contributed by atoms with Crippen molar-refractivity contribution in [3.63, 3.8) is 0 Å². The fourth-order valence-corrected chi connectivity index (χ4v) is 3.05. The molecule has 1 amide bonds. The van der Waals surface area contributed by atoms with Gasteiger partial charge in [0, 0.05) is 37.5 Å². The second-order valence-corrected chi connectivity index (χ2v) is 5.58. The molecule has 22 heavy (non-hydrogen) atoms. The highest BCUT2D eigenvalue weighted by Crippen LogP contribution is 2.34. The quantitative estimate of drug-likeness (QED) is 0.485. The Labute approximate surface area is 129 Å². The molecule has 2 aliphatic heterocycles. The van der Waals surface area contributed by atoms with Crippen LogP contribution in [0.4, 0.5) is 11.4 Å². The van der Waals surface area contributed by atoms with Crippen molar-refractivity contribution in [3.8, 4) is 0 Å². The van der Waals surface area contributed by atoms with E-state index in [1.165, 1.54) is 0 Å². The van der Waals surface area contributed by atoms with Gasteiger partial charge in [-0.15, -0.1) is 0 Å². The van der Waals surface area contributed by atoms with Gasteiger partial charge in [-0.3, -0.25) is 4.79 Å². The van der Waals surface area contributed by atoms with E-state index in [1.54, 1.807) is 0 Å². The van der Waals surface area contributed by atoms with Crippen LogP contribution >= 0.6 is 0 Å². The number of carbonyl (C=O) groups is 1. The summed E-state index contributed by atoms with van der Waals surface area (Å²) in [4.78, 5) is 19.2. The molecule has 2 aliphatic rings. The van der Waals surface area contributed by atoms with Gasteiger partial charge in [-0.2, -0.15) is 0 Å². The molecule has 2 fully saturated rings. The van der Waals surface area contributed by atoms with E-state index in [1.807, 2.05) is 23.1 Å². The lowest BCUT2D eigenvalue weighted by atomic mass is 10.1. The van der Waals surface area contributed by atoms with Gasteiger partial charge in [0.05, 0.1) is 24.6 Å². The molecule has 2 heterocycles. The Balaban J connectivity index is 1.82. The second kappa shape index (κ2) is 6.68. The first-order chi connectivity index (χ1) is 10.8. The first-order valence-corrected chi connectivity index (χ1v) is 7.52. The highest BCUT2D eigenvalue weighted by atomic mass is 16.5. The zero-order valence-electron chi connectivity index (χ0n) is 12.4. The SMILES string of the molecule is [N-]=[N+]=NCC1CC(=O)N(c2ccccc2N2CCOCC2)C1. The second-order valence-electron chi connectivity index (χ2n) is 5.58. The van der Waals surface area contributed by atoms with Gasteiger partial charge in [0.25, 0.3) is 0 Å². The smallest absolute Gasteiger partial charge is 0.227 e. The van der Waals surface area contributed by atoms with Gasteiger partial charge in [0.2, 0.25) is 5.91 Å². The molecule has 0 aliphatic carbocycles. The maximum absolute atomic E-state index is 12.3. The molecule has 2 saturated heterocycles. The zero-order chi connectivity index (χ0) is 15.4. The summed E-state index contributed by atoms with van der Waals surface area (Å²) in [7, 11) is 0. The number of anilines is 2. The third-order valence-electron chi connectivity index (χ3n) is 4.13. The number of hydrogen-bond acceptors (Lipinski definition) is 4. The maximum Gasteiger partial charge on any atom is 0.227 e. The lowest BCUT2D eigenvalue weighted by molar-refractivity contribution is -0.117. The number of benzene rings is 1. The number of morpholine rings is 1. The summed E-state index contributed by atoms with van der Waals surface area (Å²) in [6, 6.07) is 7.98. The van der Waals surface area contributed by atoms with Gasteiger partial charge in [0.1, 0.15) is 0 Å². The standard InChI is InChI=1S/C15H19N5O2/c16-18-17-10-12-9-15(21)20(11-12)14-4-2-1-3-13(14)19-5-7-22-8-6-19/h1-4,12H,5-11H2. The molecule has 116 valence electrons. The first-order valence-electron chi connectivity index (χ1n) is 7.52. The molecular formula is C15H19N5O2. The topological polar surface area (TPSA) is 81.5 Å². The van der Waals surface area contributed by atoms with Crippen molar-refractivity contribution in [2.75, 3.05) is 49.2 Å². The molecule has 3 rings (SSSR count). The van der Waals surface area contributed by atoms with Crippen molar-refractivity contribution in [3.05, 3.63) is 34.7 Å².